The third kappa shape index (κ3) is 7.41. The van der Waals surface area contributed by atoms with Crippen LogP contribution in [0.2, 0.25) is 0 Å². The predicted octanol–water partition coefficient (Wildman–Crippen LogP) is 7.85. The summed E-state index contributed by atoms with van der Waals surface area (Å²) in [6, 6.07) is 9.50. The summed E-state index contributed by atoms with van der Waals surface area (Å²) in [6.07, 6.45) is 8.75. The molecule has 0 atom stereocenters. The number of hydrogen-bond donors (Lipinski definition) is 4. The first-order chi connectivity index (χ1) is 19.3. The van der Waals surface area contributed by atoms with E-state index in [1.165, 1.54) is 0 Å². The second-order valence-corrected chi connectivity index (χ2v) is 16.4. The molecule has 2 aliphatic heterocycles. The summed E-state index contributed by atoms with van der Waals surface area (Å²) in [5, 5.41) is 30.4. The van der Waals surface area contributed by atoms with Crippen molar-refractivity contribution in [1.29, 1.82) is 0 Å². The van der Waals surface area contributed by atoms with Crippen LogP contribution in [0.15, 0.2) is 30.3 Å². The van der Waals surface area contributed by atoms with Crippen molar-refractivity contribution in [3.05, 3.63) is 35.9 Å². The highest BCUT2D eigenvalue weighted by Gasteiger charge is 2.69. The number of carboxylic acid groups (broad SMARTS) is 2. The van der Waals surface area contributed by atoms with E-state index < -0.39 is 22.8 Å². The van der Waals surface area contributed by atoms with Crippen molar-refractivity contribution in [3.63, 3.8) is 0 Å². The van der Waals surface area contributed by atoms with Crippen molar-refractivity contribution >= 4 is 11.9 Å². The molecule has 0 radical (unpaired) electrons. The van der Waals surface area contributed by atoms with Crippen LogP contribution >= 0.6 is 0 Å². The maximum absolute atomic E-state index is 14.0. The van der Waals surface area contributed by atoms with Gasteiger partial charge in [-0.25, -0.2) is 0 Å². The van der Waals surface area contributed by atoms with E-state index in [0.29, 0.717) is 6.42 Å². The number of hydrogen-bond acceptors (Lipinski definition) is 4. The van der Waals surface area contributed by atoms with Gasteiger partial charge in [0.25, 0.3) is 0 Å². The number of nitrogens with one attached hydrogen (secondary N) is 2. The lowest BCUT2D eigenvalue weighted by Gasteiger charge is -2.63. The van der Waals surface area contributed by atoms with E-state index in [0.717, 1.165) is 63.4 Å². The van der Waals surface area contributed by atoms with E-state index in [9.17, 15) is 19.8 Å². The van der Waals surface area contributed by atoms with Gasteiger partial charge in [-0.15, -0.1) is 0 Å². The first kappa shape index (κ1) is 34.6. The third-order valence-electron chi connectivity index (χ3n) is 10.4. The Morgan fingerprint density at radius 3 is 1.50 bits per heavy atom. The molecular formula is C36H60N2O4. The number of piperidine rings is 2. The van der Waals surface area contributed by atoms with Crippen molar-refractivity contribution in [1.82, 2.24) is 10.6 Å². The standard InChI is InChI=1S/C36H60N2O4/c1-10-11-12-13-17-20-35(27-22-31(2,3)37-32(4,5)23-27,28-24-33(6,7)38-34(8,9)25-28)36(29(39)40,30(41)42)21-26-18-15-14-16-19-26/h14-16,18-19,27-28,37-38H,10-13,17,20-25H2,1-9H3,(H,39,40)(H,41,42). The van der Waals surface area contributed by atoms with Gasteiger partial charge in [0.2, 0.25) is 0 Å². The average molecular weight is 585 g/mol. The molecule has 6 heteroatoms. The fourth-order valence-corrected chi connectivity index (χ4v) is 9.75. The summed E-state index contributed by atoms with van der Waals surface area (Å²) in [6.45, 7) is 19.8. The largest absolute Gasteiger partial charge is 0.480 e. The molecule has 2 fully saturated rings. The molecule has 1 aromatic carbocycles. The molecule has 0 unspecified atom stereocenters. The van der Waals surface area contributed by atoms with Gasteiger partial charge in [-0.1, -0.05) is 69.4 Å². The SMILES string of the molecule is CCCCCCCC(C1CC(C)(C)NC(C)(C)C1)(C1CC(C)(C)NC(C)(C)C1)C(Cc1ccccc1)(C(=O)O)C(=O)O. The Bertz CT molecular complexity index is 991. The van der Waals surface area contributed by atoms with Gasteiger partial charge in [0.05, 0.1) is 0 Å². The van der Waals surface area contributed by atoms with Gasteiger partial charge in [0.15, 0.2) is 5.41 Å². The van der Waals surface area contributed by atoms with Crippen LogP contribution < -0.4 is 10.6 Å². The van der Waals surface area contributed by atoms with Crippen LogP contribution in [0.4, 0.5) is 0 Å². The van der Waals surface area contributed by atoms with Gasteiger partial charge >= 0.3 is 11.9 Å². The molecule has 0 spiro atoms. The lowest BCUT2D eigenvalue weighted by atomic mass is 9.43. The van der Waals surface area contributed by atoms with E-state index in [-0.39, 0.29) is 40.4 Å². The molecule has 0 aliphatic carbocycles. The predicted molar refractivity (Wildman–Crippen MR) is 172 cm³/mol. The van der Waals surface area contributed by atoms with E-state index in [1.807, 2.05) is 30.3 Å². The first-order valence-electron chi connectivity index (χ1n) is 16.4. The summed E-state index contributed by atoms with van der Waals surface area (Å²) in [5.41, 5.74) is -3.18. The molecule has 0 bridgehead atoms. The van der Waals surface area contributed by atoms with E-state index >= 15 is 0 Å². The zero-order valence-electron chi connectivity index (χ0n) is 28.0. The number of aliphatic carboxylic acids is 2. The Morgan fingerprint density at radius 2 is 1.12 bits per heavy atom. The molecule has 42 heavy (non-hydrogen) atoms. The maximum Gasteiger partial charge on any atom is 0.321 e. The van der Waals surface area contributed by atoms with E-state index in [1.54, 1.807) is 0 Å². The van der Waals surface area contributed by atoms with Crippen molar-refractivity contribution in [2.75, 3.05) is 0 Å². The summed E-state index contributed by atoms with van der Waals surface area (Å²) in [5.74, 6) is -2.53. The summed E-state index contributed by atoms with van der Waals surface area (Å²) < 4.78 is 0. The van der Waals surface area contributed by atoms with Crippen LogP contribution in [0.3, 0.4) is 0 Å². The molecule has 2 aliphatic rings. The van der Waals surface area contributed by atoms with Gasteiger partial charge in [-0.05, 0) is 111 Å². The second-order valence-electron chi connectivity index (χ2n) is 16.4. The second kappa shape index (κ2) is 12.6. The van der Waals surface area contributed by atoms with Crippen LogP contribution in [0.5, 0.6) is 0 Å². The Morgan fingerprint density at radius 1 is 0.714 bits per heavy atom. The number of unbranched alkanes of at least 4 members (excludes halogenated alkanes) is 4. The van der Waals surface area contributed by atoms with Gasteiger partial charge < -0.3 is 20.8 Å². The molecule has 6 nitrogen and oxygen atoms in total. The molecular weight excluding hydrogens is 524 g/mol. The van der Waals surface area contributed by atoms with Gasteiger partial charge in [-0.2, -0.15) is 0 Å². The van der Waals surface area contributed by atoms with Gasteiger partial charge in [-0.3, -0.25) is 9.59 Å². The molecule has 3 rings (SSSR count). The minimum Gasteiger partial charge on any atom is -0.480 e. The van der Waals surface area contributed by atoms with Crippen molar-refractivity contribution in [3.8, 4) is 0 Å². The van der Waals surface area contributed by atoms with Crippen LogP contribution in [0.25, 0.3) is 0 Å². The molecule has 238 valence electrons. The molecule has 0 amide bonds. The third-order valence-corrected chi connectivity index (χ3v) is 10.4. The Kier molecular flexibility index (Phi) is 10.4. The van der Waals surface area contributed by atoms with Crippen LogP contribution in [0, 0.1) is 22.7 Å². The average Bonchev–Trinajstić information content (AvgIpc) is 2.81. The molecule has 1 aromatic rings. The van der Waals surface area contributed by atoms with Crippen molar-refractivity contribution in [2.24, 2.45) is 22.7 Å². The first-order valence-corrected chi connectivity index (χ1v) is 16.4. The zero-order chi connectivity index (χ0) is 31.6. The monoisotopic (exact) mass is 584 g/mol. The van der Waals surface area contributed by atoms with Crippen LogP contribution in [-0.2, 0) is 16.0 Å². The Balaban J connectivity index is 2.39. The smallest absolute Gasteiger partial charge is 0.321 e. The summed E-state index contributed by atoms with van der Waals surface area (Å²) in [4.78, 5) is 27.9. The van der Waals surface area contributed by atoms with Crippen molar-refractivity contribution < 1.29 is 19.8 Å². The number of benzene rings is 1. The fraction of sp³-hybridized carbons (Fsp3) is 0.778. The molecule has 2 heterocycles. The lowest BCUT2D eigenvalue weighted by Crippen LogP contribution is -2.70. The fourth-order valence-electron chi connectivity index (χ4n) is 9.75. The Labute approximate surface area is 255 Å². The normalized spacial score (nSPS) is 22.5. The van der Waals surface area contributed by atoms with Gasteiger partial charge in [0.1, 0.15) is 0 Å². The molecule has 2 saturated heterocycles. The molecule has 0 aromatic heterocycles. The summed E-state index contributed by atoms with van der Waals surface area (Å²) in [7, 11) is 0. The minimum absolute atomic E-state index is 0.0109. The highest BCUT2D eigenvalue weighted by Crippen LogP contribution is 2.64. The molecule has 4 N–H and O–H groups in total. The summed E-state index contributed by atoms with van der Waals surface area (Å²) >= 11 is 0. The number of carboxylic acids is 2. The van der Waals surface area contributed by atoms with Crippen molar-refractivity contribution in [2.45, 2.75) is 155 Å². The van der Waals surface area contributed by atoms with Crippen LogP contribution in [-0.4, -0.2) is 44.3 Å². The lowest BCUT2D eigenvalue weighted by molar-refractivity contribution is -0.198. The van der Waals surface area contributed by atoms with Crippen LogP contribution in [0.1, 0.15) is 132 Å². The zero-order valence-corrected chi connectivity index (χ0v) is 28.0. The highest BCUT2D eigenvalue weighted by molar-refractivity contribution is 6.00. The Hall–Kier alpha value is -1.92. The maximum atomic E-state index is 14.0. The number of carbonyl (C=O) groups is 2. The van der Waals surface area contributed by atoms with Gasteiger partial charge in [0, 0.05) is 27.6 Å². The van der Waals surface area contributed by atoms with E-state index in [4.69, 9.17) is 0 Å². The minimum atomic E-state index is -1.97. The quantitative estimate of drug-likeness (QED) is 0.139. The topological polar surface area (TPSA) is 98.7 Å². The number of rotatable bonds is 13. The molecule has 0 saturated carbocycles. The highest BCUT2D eigenvalue weighted by atomic mass is 16.4. The van der Waals surface area contributed by atoms with E-state index in [2.05, 4.69) is 72.9 Å².